The van der Waals surface area contributed by atoms with Crippen molar-refractivity contribution in [3.05, 3.63) is 63.7 Å². The van der Waals surface area contributed by atoms with Crippen LogP contribution in [-0.2, 0) is 10.8 Å². The number of allylic oxidation sites excluding steroid dienone is 2. The maximum atomic E-state index is 2.66. The second-order valence-corrected chi connectivity index (χ2v) is 12.8. The Balaban J connectivity index is 1.89. The SMILES string of the molecule is CCC1CCCC2=C1SCN2c1c(C)cccc1-c1cc(C(C)(C)C)cc(C(C)(C)C)c1. The minimum Gasteiger partial charge on any atom is -0.333 e. The fourth-order valence-corrected chi connectivity index (χ4v) is 6.63. The number of thioether (sulfide) groups is 1. The maximum Gasteiger partial charge on any atom is 0.0729 e. The zero-order valence-electron chi connectivity index (χ0n) is 21.4. The lowest BCUT2D eigenvalue weighted by atomic mass is 9.78. The van der Waals surface area contributed by atoms with Crippen LogP contribution in [0, 0.1) is 12.8 Å². The van der Waals surface area contributed by atoms with Crippen LogP contribution in [0.25, 0.3) is 11.1 Å². The summed E-state index contributed by atoms with van der Waals surface area (Å²) in [6, 6.07) is 14.2. The van der Waals surface area contributed by atoms with Crippen molar-refractivity contribution in [2.24, 2.45) is 5.92 Å². The summed E-state index contributed by atoms with van der Waals surface area (Å²) < 4.78 is 0. The Morgan fingerprint density at radius 1 is 0.969 bits per heavy atom. The van der Waals surface area contributed by atoms with Crippen molar-refractivity contribution in [2.75, 3.05) is 10.8 Å². The van der Waals surface area contributed by atoms with E-state index in [1.807, 2.05) is 0 Å². The lowest BCUT2D eigenvalue weighted by Crippen LogP contribution is -2.22. The highest BCUT2D eigenvalue weighted by Crippen LogP contribution is 2.50. The van der Waals surface area contributed by atoms with Crippen molar-refractivity contribution in [1.82, 2.24) is 0 Å². The summed E-state index contributed by atoms with van der Waals surface area (Å²) in [7, 11) is 0. The van der Waals surface area contributed by atoms with Gasteiger partial charge in [0.1, 0.15) is 0 Å². The molecule has 2 aromatic rings. The first-order chi connectivity index (χ1) is 15.0. The maximum absolute atomic E-state index is 2.66. The number of rotatable bonds is 3. The van der Waals surface area contributed by atoms with E-state index in [9.17, 15) is 0 Å². The third-order valence-corrected chi connectivity index (χ3v) is 8.54. The lowest BCUT2D eigenvalue weighted by molar-refractivity contribution is 0.505. The summed E-state index contributed by atoms with van der Waals surface area (Å²) in [5.74, 6) is 1.82. The molecule has 172 valence electrons. The average Bonchev–Trinajstić information content (AvgIpc) is 3.16. The third-order valence-electron chi connectivity index (χ3n) is 7.27. The average molecular weight is 448 g/mol. The predicted molar refractivity (Wildman–Crippen MR) is 144 cm³/mol. The first-order valence-electron chi connectivity index (χ1n) is 12.4. The van der Waals surface area contributed by atoms with Crippen LogP contribution in [-0.4, -0.2) is 5.88 Å². The van der Waals surface area contributed by atoms with E-state index in [1.165, 1.54) is 59.2 Å². The number of para-hydroxylation sites is 1. The second-order valence-electron chi connectivity index (χ2n) is 11.8. The largest absolute Gasteiger partial charge is 0.333 e. The van der Waals surface area contributed by atoms with E-state index in [1.54, 1.807) is 10.6 Å². The molecule has 1 aliphatic carbocycles. The molecular formula is C30H41NS. The van der Waals surface area contributed by atoms with E-state index >= 15 is 0 Å². The van der Waals surface area contributed by atoms with Crippen LogP contribution in [0.2, 0.25) is 0 Å². The minimum absolute atomic E-state index is 0.122. The van der Waals surface area contributed by atoms with Gasteiger partial charge in [0.05, 0.1) is 11.6 Å². The van der Waals surface area contributed by atoms with Gasteiger partial charge in [-0.25, -0.2) is 0 Å². The molecule has 1 nitrogen and oxygen atoms in total. The van der Waals surface area contributed by atoms with E-state index < -0.39 is 0 Å². The zero-order valence-corrected chi connectivity index (χ0v) is 22.2. The molecule has 0 amide bonds. The number of hydrogen-bond acceptors (Lipinski definition) is 2. The van der Waals surface area contributed by atoms with Crippen LogP contribution >= 0.6 is 11.8 Å². The minimum atomic E-state index is 0.122. The summed E-state index contributed by atoms with van der Waals surface area (Å²) in [5.41, 5.74) is 10.2. The fourth-order valence-electron chi connectivity index (χ4n) is 5.18. The fraction of sp³-hybridized carbons (Fsp3) is 0.533. The van der Waals surface area contributed by atoms with Gasteiger partial charge in [-0.1, -0.05) is 84.9 Å². The first kappa shape index (κ1) is 23.5. The summed E-state index contributed by atoms with van der Waals surface area (Å²) >= 11 is 2.09. The number of hydrogen-bond donors (Lipinski definition) is 0. The summed E-state index contributed by atoms with van der Waals surface area (Å²) in [6.07, 6.45) is 5.17. The van der Waals surface area contributed by atoms with Crippen LogP contribution in [0.3, 0.4) is 0 Å². The van der Waals surface area contributed by atoms with Crippen LogP contribution in [0.15, 0.2) is 47.0 Å². The van der Waals surface area contributed by atoms with E-state index in [4.69, 9.17) is 0 Å². The Morgan fingerprint density at radius 2 is 1.62 bits per heavy atom. The van der Waals surface area contributed by atoms with Gasteiger partial charge in [-0.05, 0) is 71.6 Å². The Kier molecular flexibility index (Phi) is 6.31. The van der Waals surface area contributed by atoms with Gasteiger partial charge in [-0.2, -0.15) is 0 Å². The van der Waals surface area contributed by atoms with Crippen LogP contribution in [0.5, 0.6) is 0 Å². The number of anilines is 1. The molecule has 1 aliphatic heterocycles. The predicted octanol–water partition coefficient (Wildman–Crippen LogP) is 9.19. The highest BCUT2D eigenvalue weighted by Gasteiger charge is 2.33. The molecule has 0 aromatic heterocycles. The van der Waals surface area contributed by atoms with Crippen LogP contribution in [0.1, 0.15) is 90.8 Å². The summed E-state index contributed by atoms with van der Waals surface area (Å²) in [4.78, 5) is 4.33. The summed E-state index contributed by atoms with van der Waals surface area (Å²) in [6.45, 7) is 18.6. The molecule has 0 spiro atoms. The smallest absolute Gasteiger partial charge is 0.0729 e. The Labute approximate surface area is 200 Å². The molecule has 1 unspecified atom stereocenters. The molecule has 2 heteroatoms. The quantitative estimate of drug-likeness (QED) is 0.461. The van der Waals surface area contributed by atoms with Crippen molar-refractivity contribution in [3.63, 3.8) is 0 Å². The van der Waals surface area contributed by atoms with Gasteiger partial charge in [0, 0.05) is 16.2 Å². The Bertz CT molecular complexity index is 1000. The van der Waals surface area contributed by atoms with Crippen molar-refractivity contribution >= 4 is 17.4 Å². The van der Waals surface area contributed by atoms with E-state index in [-0.39, 0.29) is 10.8 Å². The molecule has 0 fully saturated rings. The molecule has 1 atom stereocenters. The molecule has 0 N–H and O–H groups in total. The molecule has 4 rings (SSSR count). The van der Waals surface area contributed by atoms with E-state index in [0.29, 0.717) is 0 Å². The van der Waals surface area contributed by atoms with Gasteiger partial charge in [0.15, 0.2) is 0 Å². The van der Waals surface area contributed by atoms with Crippen molar-refractivity contribution in [3.8, 4) is 11.1 Å². The normalized spacial score (nSPS) is 19.5. The van der Waals surface area contributed by atoms with Crippen molar-refractivity contribution in [2.45, 2.75) is 91.9 Å². The molecule has 2 aromatic carbocycles. The molecule has 0 saturated heterocycles. The first-order valence-corrected chi connectivity index (χ1v) is 13.4. The van der Waals surface area contributed by atoms with Crippen LogP contribution in [0.4, 0.5) is 5.69 Å². The Morgan fingerprint density at radius 3 is 2.22 bits per heavy atom. The Hall–Kier alpha value is -1.67. The molecule has 32 heavy (non-hydrogen) atoms. The highest BCUT2D eigenvalue weighted by molar-refractivity contribution is 8.03. The van der Waals surface area contributed by atoms with Gasteiger partial charge >= 0.3 is 0 Å². The standard InChI is InChI=1S/C30H41NS/c1-9-21-13-11-15-26-28(21)32-19-31(26)27-20(2)12-10-14-25(27)22-16-23(29(3,4)5)18-24(17-22)30(6,7)8/h10,12,14,16-18,21H,9,11,13,15,19H2,1-8H3. The second kappa shape index (κ2) is 8.60. The zero-order chi connectivity index (χ0) is 23.3. The van der Waals surface area contributed by atoms with Gasteiger partial charge in [0.2, 0.25) is 0 Å². The lowest BCUT2D eigenvalue weighted by Gasteiger charge is -2.31. The molecular weight excluding hydrogens is 406 g/mol. The van der Waals surface area contributed by atoms with Gasteiger partial charge in [-0.3, -0.25) is 0 Å². The van der Waals surface area contributed by atoms with Crippen molar-refractivity contribution in [1.29, 1.82) is 0 Å². The number of nitrogens with zero attached hydrogens (tertiary/aromatic N) is 1. The molecule has 1 heterocycles. The van der Waals surface area contributed by atoms with Gasteiger partial charge in [-0.15, -0.1) is 11.8 Å². The number of benzene rings is 2. The molecule has 0 saturated carbocycles. The van der Waals surface area contributed by atoms with E-state index in [0.717, 1.165) is 11.8 Å². The topological polar surface area (TPSA) is 3.24 Å². The molecule has 0 radical (unpaired) electrons. The molecule has 2 aliphatic rings. The van der Waals surface area contributed by atoms with Crippen LogP contribution < -0.4 is 4.90 Å². The summed E-state index contributed by atoms with van der Waals surface area (Å²) in [5, 5.41) is 0. The molecule has 0 bridgehead atoms. The number of aryl methyl sites for hydroxylation is 1. The van der Waals surface area contributed by atoms with Gasteiger partial charge < -0.3 is 4.90 Å². The van der Waals surface area contributed by atoms with Crippen molar-refractivity contribution < 1.29 is 0 Å². The highest BCUT2D eigenvalue weighted by atomic mass is 32.2. The van der Waals surface area contributed by atoms with Gasteiger partial charge in [0.25, 0.3) is 0 Å². The third kappa shape index (κ3) is 4.40. The van der Waals surface area contributed by atoms with E-state index in [2.05, 4.69) is 108 Å². The monoisotopic (exact) mass is 447 g/mol.